The van der Waals surface area contributed by atoms with Crippen molar-refractivity contribution in [1.29, 1.82) is 0 Å². The van der Waals surface area contributed by atoms with E-state index in [4.69, 9.17) is 15.9 Å². The van der Waals surface area contributed by atoms with Crippen molar-refractivity contribution in [3.8, 4) is 12.3 Å². The fraction of sp³-hybridized carbons (Fsp3) is 0.826. The molecule has 0 aromatic carbocycles. The molecule has 0 aliphatic rings. The summed E-state index contributed by atoms with van der Waals surface area (Å²) in [5, 5.41) is 2.58. The van der Waals surface area contributed by atoms with Gasteiger partial charge in [0.2, 0.25) is 0 Å². The molecule has 0 spiro atoms. The van der Waals surface area contributed by atoms with E-state index >= 15 is 0 Å². The monoisotopic (exact) mass is 395 g/mol. The number of unbranched alkanes of at least 4 members (excludes halogenated alkanes) is 11. The van der Waals surface area contributed by atoms with E-state index in [0.29, 0.717) is 13.0 Å². The highest BCUT2D eigenvalue weighted by molar-refractivity contribution is 5.81. The van der Waals surface area contributed by atoms with Gasteiger partial charge >= 0.3 is 12.1 Å². The Kier molecular flexibility index (Phi) is 18.8. The molecule has 5 heteroatoms. The minimum absolute atomic E-state index is 0.109. The lowest BCUT2D eigenvalue weighted by Crippen LogP contribution is -2.42. The van der Waals surface area contributed by atoms with E-state index in [9.17, 15) is 9.59 Å². The first-order chi connectivity index (χ1) is 13.7. The molecule has 0 aliphatic heterocycles. The fourth-order valence-electron chi connectivity index (χ4n) is 3.00. The first kappa shape index (κ1) is 26.3. The topological polar surface area (TPSA) is 64.6 Å². The first-order valence-electron chi connectivity index (χ1n) is 11.2. The van der Waals surface area contributed by atoms with Gasteiger partial charge in [0.25, 0.3) is 0 Å². The number of alkyl carbamates (subject to hydrolysis) is 1. The smallest absolute Gasteiger partial charge is 0.408 e. The molecule has 0 saturated carbocycles. The zero-order valence-electron chi connectivity index (χ0n) is 18.1. The minimum Gasteiger partial charge on any atom is -0.464 e. The Morgan fingerprint density at radius 1 is 0.821 bits per heavy atom. The van der Waals surface area contributed by atoms with Gasteiger partial charge in [-0.1, -0.05) is 96.8 Å². The number of ether oxygens (including phenoxy) is 2. The van der Waals surface area contributed by atoms with Gasteiger partial charge in [0, 0.05) is 0 Å². The molecule has 0 aromatic rings. The highest BCUT2D eigenvalue weighted by Gasteiger charge is 2.22. The van der Waals surface area contributed by atoms with Gasteiger partial charge in [-0.05, 0) is 12.8 Å². The van der Waals surface area contributed by atoms with Crippen molar-refractivity contribution in [2.75, 3.05) is 13.2 Å². The molecule has 1 amide bonds. The summed E-state index contributed by atoms with van der Waals surface area (Å²) in [4.78, 5) is 24.0. The van der Waals surface area contributed by atoms with Crippen molar-refractivity contribution in [2.45, 2.75) is 110 Å². The van der Waals surface area contributed by atoms with Gasteiger partial charge in [0.05, 0.1) is 6.61 Å². The van der Waals surface area contributed by atoms with Crippen molar-refractivity contribution in [3.63, 3.8) is 0 Å². The van der Waals surface area contributed by atoms with Crippen LogP contribution >= 0.6 is 0 Å². The van der Waals surface area contributed by atoms with E-state index in [1.54, 1.807) is 0 Å². The molecule has 28 heavy (non-hydrogen) atoms. The van der Waals surface area contributed by atoms with Crippen LogP contribution in [0.4, 0.5) is 4.79 Å². The second kappa shape index (κ2) is 20.0. The van der Waals surface area contributed by atoms with Crippen molar-refractivity contribution < 1.29 is 19.1 Å². The van der Waals surface area contributed by atoms with Crippen LogP contribution in [-0.4, -0.2) is 31.3 Å². The summed E-state index contributed by atoms with van der Waals surface area (Å²) in [5.41, 5.74) is 0. The molecule has 0 saturated heterocycles. The number of hydrogen-bond acceptors (Lipinski definition) is 4. The van der Waals surface area contributed by atoms with Crippen LogP contribution in [0.2, 0.25) is 0 Å². The van der Waals surface area contributed by atoms with Gasteiger partial charge in [-0.25, -0.2) is 9.59 Å². The van der Waals surface area contributed by atoms with Crippen LogP contribution < -0.4 is 5.32 Å². The van der Waals surface area contributed by atoms with E-state index in [1.165, 1.54) is 44.9 Å². The van der Waals surface area contributed by atoms with Crippen LogP contribution in [-0.2, 0) is 14.3 Å². The molecule has 0 aliphatic carbocycles. The number of carbonyl (C=O) groups is 2. The number of rotatable bonds is 18. The fourth-order valence-corrected chi connectivity index (χ4v) is 3.00. The number of esters is 1. The molecule has 0 heterocycles. The SMILES string of the molecule is C#CCOC(=O)NC(CCCCCC)C(=O)OCCCCCCCCCCC. The molecule has 1 unspecified atom stereocenters. The van der Waals surface area contributed by atoms with Crippen molar-refractivity contribution in [1.82, 2.24) is 5.32 Å². The molecule has 162 valence electrons. The van der Waals surface area contributed by atoms with E-state index in [0.717, 1.165) is 38.5 Å². The summed E-state index contributed by atoms with van der Waals surface area (Å²) in [6, 6.07) is -0.666. The molecule has 0 radical (unpaired) electrons. The lowest BCUT2D eigenvalue weighted by molar-refractivity contribution is -0.146. The predicted octanol–water partition coefficient (Wildman–Crippen LogP) is 5.76. The molecule has 0 rings (SSSR count). The number of hydrogen-bond donors (Lipinski definition) is 1. The van der Waals surface area contributed by atoms with Gasteiger partial charge in [-0.3, -0.25) is 0 Å². The number of amides is 1. The average Bonchev–Trinajstić information content (AvgIpc) is 2.69. The Bertz CT molecular complexity index is 431. The maximum atomic E-state index is 12.3. The second-order valence-corrected chi connectivity index (χ2v) is 7.32. The van der Waals surface area contributed by atoms with E-state index in [1.807, 2.05) is 0 Å². The van der Waals surface area contributed by atoms with Gasteiger partial charge < -0.3 is 14.8 Å². The molecule has 1 atom stereocenters. The van der Waals surface area contributed by atoms with Gasteiger partial charge in [-0.15, -0.1) is 6.42 Å². The Hall–Kier alpha value is -1.70. The maximum absolute atomic E-state index is 12.3. The van der Waals surface area contributed by atoms with Crippen LogP contribution in [0.5, 0.6) is 0 Å². The van der Waals surface area contributed by atoms with E-state index in [-0.39, 0.29) is 12.6 Å². The summed E-state index contributed by atoms with van der Waals surface area (Å²) in [5.74, 6) is 1.85. The van der Waals surface area contributed by atoms with Crippen LogP contribution in [0.25, 0.3) is 0 Å². The normalized spacial score (nSPS) is 11.5. The molecule has 1 N–H and O–H groups in total. The number of terminal acetylenes is 1. The van der Waals surface area contributed by atoms with E-state index < -0.39 is 12.1 Å². The summed E-state index contributed by atoms with van der Waals surface area (Å²) in [6.07, 6.45) is 20.0. The van der Waals surface area contributed by atoms with Gasteiger partial charge in [0.1, 0.15) is 6.04 Å². The van der Waals surface area contributed by atoms with Crippen LogP contribution in [0.3, 0.4) is 0 Å². The van der Waals surface area contributed by atoms with Gasteiger partial charge in [-0.2, -0.15) is 0 Å². The largest absolute Gasteiger partial charge is 0.464 e. The minimum atomic E-state index is -0.668. The van der Waals surface area contributed by atoms with Crippen LogP contribution in [0.1, 0.15) is 104 Å². The third-order valence-corrected chi connectivity index (χ3v) is 4.70. The molecular formula is C23H41NO4. The lowest BCUT2D eigenvalue weighted by atomic mass is 10.1. The zero-order valence-corrected chi connectivity index (χ0v) is 18.1. The molecular weight excluding hydrogens is 354 g/mol. The third kappa shape index (κ3) is 16.5. The molecule has 5 nitrogen and oxygen atoms in total. The first-order valence-corrected chi connectivity index (χ1v) is 11.2. The Morgan fingerprint density at radius 3 is 1.93 bits per heavy atom. The summed E-state index contributed by atoms with van der Waals surface area (Å²) in [6.45, 7) is 4.66. The highest BCUT2D eigenvalue weighted by Crippen LogP contribution is 2.11. The zero-order chi connectivity index (χ0) is 20.9. The Morgan fingerprint density at radius 2 is 1.36 bits per heavy atom. The molecule has 0 aromatic heterocycles. The quantitative estimate of drug-likeness (QED) is 0.182. The van der Waals surface area contributed by atoms with Crippen LogP contribution in [0.15, 0.2) is 0 Å². The highest BCUT2D eigenvalue weighted by atomic mass is 16.6. The summed E-state index contributed by atoms with van der Waals surface area (Å²) >= 11 is 0. The van der Waals surface area contributed by atoms with Gasteiger partial charge in [0.15, 0.2) is 6.61 Å². The summed E-state index contributed by atoms with van der Waals surface area (Å²) < 4.78 is 10.2. The second-order valence-electron chi connectivity index (χ2n) is 7.32. The molecule has 0 bridgehead atoms. The standard InChI is InChI=1S/C23H41NO4/c1-4-7-9-11-12-13-14-15-17-20-27-22(25)21(18-16-10-8-5-2)24-23(26)28-19-6-3/h3,21H,4-5,7-20H2,1-2H3,(H,24,26). The third-order valence-electron chi connectivity index (χ3n) is 4.70. The Balaban J connectivity index is 4.01. The molecule has 0 fully saturated rings. The van der Waals surface area contributed by atoms with E-state index in [2.05, 4.69) is 25.1 Å². The van der Waals surface area contributed by atoms with Crippen molar-refractivity contribution in [2.24, 2.45) is 0 Å². The van der Waals surface area contributed by atoms with Crippen molar-refractivity contribution in [3.05, 3.63) is 0 Å². The predicted molar refractivity (Wildman–Crippen MR) is 114 cm³/mol. The summed E-state index contributed by atoms with van der Waals surface area (Å²) in [7, 11) is 0. The Labute approximate surface area is 172 Å². The lowest BCUT2D eigenvalue weighted by Gasteiger charge is -2.17. The van der Waals surface area contributed by atoms with Crippen LogP contribution in [0, 0.1) is 12.3 Å². The maximum Gasteiger partial charge on any atom is 0.408 e. The van der Waals surface area contributed by atoms with Crippen molar-refractivity contribution >= 4 is 12.1 Å². The average molecular weight is 396 g/mol. The number of carbonyl (C=O) groups excluding carboxylic acids is 2. The number of nitrogens with one attached hydrogen (secondary N) is 1.